The molecule has 0 unspecified atom stereocenters. The molecule has 0 amide bonds. The lowest BCUT2D eigenvalue weighted by Gasteiger charge is -2.35. The Balaban J connectivity index is 1.91. The van der Waals surface area contributed by atoms with Crippen molar-refractivity contribution < 1.29 is 0 Å². The third-order valence-electron chi connectivity index (χ3n) is 2.50. The maximum Gasteiger partial charge on any atom is 0.0717 e. The fraction of sp³-hybridized carbons (Fsp3) is 0.364. The Morgan fingerprint density at radius 3 is 2.93 bits per heavy atom. The van der Waals surface area contributed by atoms with Crippen molar-refractivity contribution in [1.82, 2.24) is 4.90 Å². The summed E-state index contributed by atoms with van der Waals surface area (Å²) in [5, 5.41) is 8.62. The number of anilines is 1. The highest BCUT2D eigenvalue weighted by molar-refractivity contribution is 5.40. The minimum atomic E-state index is 0.232. The molecule has 1 aromatic rings. The molecule has 1 aliphatic rings. The summed E-state index contributed by atoms with van der Waals surface area (Å²) in [7, 11) is 0. The predicted molar refractivity (Wildman–Crippen MR) is 55.2 cm³/mol. The van der Waals surface area contributed by atoms with Gasteiger partial charge in [-0.05, 0) is 17.7 Å². The first-order valence-corrected chi connectivity index (χ1v) is 4.74. The van der Waals surface area contributed by atoms with Crippen LogP contribution in [0.15, 0.2) is 24.3 Å². The van der Waals surface area contributed by atoms with Gasteiger partial charge in [0, 0.05) is 25.3 Å². The molecule has 0 aliphatic carbocycles. The molecule has 0 aromatic heterocycles. The van der Waals surface area contributed by atoms with Crippen LogP contribution in [0.1, 0.15) is 5.56 Å². The zero-order valence-electron chi connectivity index (χ0n) is 7.98. The molecule has 2 N–H and O–H groups in total. The van der Waals surface area contributed by atoms with E-state index in [4.69, 9.17) is 11.0 Å². The monoisotopic (exact) mass is 187 g/mol. The van der Waals surface area contributed by atoms with Gasteiger partial charge in [0.2, 0.25) is 0 Å². The largest absolute Gasteiger partial charge is 0.399 e. The van der Waals surface area contributed by atoms with E-state index in [9.17, 15) is 0 Å². The van der Waals surface area contributed by atoms with Crippen molar-refractivity contribution in [3.63, 3.8) is 0 Å². The van der Waals surface area contributed by atoms with Crippen LogP contribution >= 0.6 is 0 Å². The molecule has 0 bridgehead atoms. The lowest BCUT2D eigenvalue weighted by Crippen LogP contribution is -2.45. The van der Waals surface area contributed by atoms with Gasteiger partial charge in [-0.3, -0.25) is 4.90 Å². The number of hydrogen-bond donors (Lipinski definition) is 1. The van der Waals surface area contributed by atoms with Gasteiger partial charge in [0.15, 0.2) is 0 Å². The molecule has 14 heavy (non-hydrogen) atoms. The zero-order chi connectivity index (χ0) is 9.97. The molecule has 1 heterocycles. The van der Waals surface area contributed by atoms with Crippen molar-refractivity contribution in [2.45, 2.75) is 6.54 Å². The molecule has 1 aliphatic heterocycles. The molecule has 0 saturated carbocycles. The summed E-state index contributed by atoms with van der Waals surface area (Å²) in [6.45, 7) is 2.69. The van der Waals surface area contributed by atoms with Gasteiger partial charge in [0.05, 0.1) is 12.0 Å². The first-order chi connectivity index (χ1) is 6.78. The molecule has 72 valence electrons. The first kappa shape index (κ1) is 9.04. The van der Waals surface area contributed by atoms with E-state index < -0.39 is 0 Å². The van der Waals surface area contributed by atoms with Crippen molar-refractivity contribution >= 4 is 5.69 Å². The number of nitrogens with two attached hydrogens (primary N) is 1. The van der Waals surface area contributed by atoms with E-state index in [0.717, 1.165) is 25.3 Å². The summed E-state index contributed by atoms with van der Waals surface area (Å²) in [4.78, 5) is 2.25. The van der Waals surface area contributed by atoms with Crippen LogP contribution in [0.5, 0.6) is 0 Å². The van der Waals surface area contributed by atoms with Crippen LogP contribution in [0.25, 0.3) is 0 Å². The molecule has 2 rings (SSSR count). The quantitative estimate of drug-likeness (QED) is 0.708. The van der Waals surface area contributed by atoms with E-state index in [1.54, 1.807) is 0 Å². The minimum Gasteiger partial charge on any atom is -0.399 e. The van der Waals surface area contributed by atoms with Crippen LogP contribution in [0.3, 0.4) is 0 Å². The fourth-order valence-corrected chi connectivity index (χ4v) is 1.73. The summed E-state index contributed by atoms with van der Waals surface area (Å²) in [5.41, 5.74) is 7.71. The summed E-state index contributed by atoms with van der Waals surface area (Å²) >= 11 is 0. The summed E-state index contributed by atoms with van der Waals surface area (Å²) in [5.74, 6) is 0.232. The van der Waals surface area contributed by atoms with Gasteiger partial charge < -0.3 is 5.73 Å². The molecule has 0 radical (unpaired) electrons. The summed E-state index contributed by atoms with van der Waals surface area (Å²) in [6.07, 6.45) is 0. The lowest BCUT2D eigenvalue weighted by atomic mass is 10.0. The van der Waals surface area contributed by atoms with Gasteiger partial charge in [0.1, 0.15) is 0 Å². The Labute approximate surface area is 83.7 Å². The molecule has 1 fully saturated rings. The number of hydrogen-bond acceptors (Lipinski definition) is 3. The summed E-state index contributed by atoms with van der Waals surface area (Å²) < 4.78 is 0. The van der Waals surface area contributed by atoms with E-state index in [2.05, 4.69) is 17.0 Å². The van der Waals surface area contributed by atoms with E-state index in [1.165, 1.54) is 5.56 Å². The molecular weight excluding hydrogens is 174 g/mol. The van der Waals surface area contributed by atoms with Crippen molar-refractivity contribution in [2.75, 3.05) is 18.8 Å². The second-order valence-corrected chi connectivity index (χ2v) is 3.77. The van der Waals surface area contributed by atoms with Crippen molar-refractivity contribution in [2.24, 2.45) is 5.92 Å². The van der Waals surface area contributed by atoms with Gasteiger partial charge in [-0.2, -0.15) is 5.26 Å². The first-order valence-electron chi connectivity index (χ1n) is 4.74. The Hall–Kier alpha value is -1.53. The van der Waals surface area contributed by atoms with Gasteiger partial charge in [0.25, 0.3) is 0 Å². The normalized spacial score (nSPS) is 17.4. The number of benzene rings is 1. The van der Waals surface area contributed by atoms with Crippen LogP contribution in [-0.2, 0) is 6.54 Å². The Bertz CT molecular complexity index is 361. The van der Waals surface area contributed by atoms with E-state index >= 15 is 0 Å². The van der Waals surface area contributed by atoms with Gasteiger partial charge >= 0.3 is 0 Å². The van der Waals surface area contributed by atoms with Gasteiger partial charge in [-0.25, -0.2) is 0 Å². The molecule has 0 atom stereocenters. The standard InChI is InChI=1S/C11H13N3/c12-5-10-7-14(8-10)6-9-2-1-3-11(13)4-9/h1-4,10H,6-8,13H2. The number of nitrogen functional groups attached to an aromatic ring is 1. The molecular formula is C11H13N3. The highest BCUT2D eigenvalue weighted by Crippen LogP contribution is 2.18. The van der Waals surface area contributed by atoms with Crippen molar-refractivity contribution in [3.8, 4) is 6.07 Å². The molecule has 0 spiro atoms. The van der Waals surface area contributed by atoms with Crippen LogP contribution in [-0.4, -0.2) is 18.0 Å². The molecule has 3 nitrogen and oxygen atoms in total. The van der Waals surface area contributed by atoms with E-state index in [-0.39, 0.29) is 5.92 Å². The van der Waals surface area contributed by atoms with Gasteiger partial charge in [-0.1, -0.05) is 12.1 Å². The fourth-order valence-electron chi connectivity index (χ4n) is 1.73. The summed E-state index contributed by atoms with van der Waals surface area (Å²) in [6, 6.07) is 10.2. The molecule has 1 aromatic carbocycles. The average Bonchev–Trinajstić information content (AvgIpc) is 2.10. The topological polar surface area (TPSA) is 53.0 Å². The van der Waals surface area contributed by atoms with Crippen LogP contribution in [0, 0.1) is 17.2 Å². The van der Waals surface area contributed by atoms with Crippen molar-refractivity contribution in [3.05, 3.63) is 29.8 Å². The van der Waals surface area contributed by atoms with Gasteiger partial charge in [-0.15, -0.1) is 0 Å². The Morgan fingerprint density at radius 1 is 1.50 bits per heavy atom. The Kier molecular flexibility index (Phi) is 2.38. The van der Waals surface area contributed by atoms with E-state index in [1.807, 2.05) is 18.2 Å². The Morgan fingerprint density at radius 2 is 2.29 bits per heavy atom. The minimum absolute atomic E-state index is 0.232. The van der Waals surface area contributed by atoms with Crippen LogP contribution < -0.4 is 5.73 Å². The second kappa shape index (κ2) is 3.69. The predicted octanol–water partition coefficient (Wildman–Crippen LogP) is 1.22. The number of nitrogens with zero attached hydrogens (tertiary/aromatic N) is 2. The number of rotatable bonds is 2. The smallest absolute Gasteiger partial charge is 0.0717 e. The van der Waals surface area contributed by atoms with Crippen LogP contribution in [0.2, 0.25) is 0 Å². The highest BCUT2D eigenvalue weighted by Gasteiger charge is 2.25. The second-order valence-electron chi connectivity index (χ2n) is 3.77. The van der Waals surface area contributed by atoms with Crippen molar-refractivity contribution in [1.29, 1.82) is 5.26 Å². The zero-order valence-corrected chi connectivity index (χ0v) is 7.98. The SMILES string of the molecule is N#CC1CN(Cc2cccc(N)c2)C1. The number of nitriles is 1. The van der Waals surface area contributed by atoms with E-state index in [0.29, 0.717) is 0 Å². The third kappa shape index (κ3) is 1.86. The average molecular weight is 187 g/mol. The molecule has 1 saturated heterocycles. The van der Waals surface area contributed by atoms with Crippen LogP contribution in [0.4, 0.5) is 5.69 Å². The highest BCUT2D eigenvalue weighted by atomic mass is 15.2. The third-order valence-corrected chi connectivity index (χ3v) is 2.50. The maximum atomic E-state index is 8.62. The number of likely N-dealkylation sites (tertiary alicyclic amines) is 1. The molecule has 3 heteroatoms. The maximum absolute atomic E-state index is 8.62. The lowest BCUT2D eigenvalue weighted by molar-refractivity contribution is 0.127.